The summed E-state index contributed by atoms with van der Waals surface area (Å²) in [5.41, 5.74) is 8.30. The zero-order valence-corrected chi connectivity index (χ0v) is 21.2. The number of carbonyl (C=O) groups is 1. The van der Waals surface area contributed by atoms with Crippen LogP contribution in [0.4, 0.5) is 0 Å². The summed E-state index contributed by atoms with van der Waals surface area (Å²) in [4.78, 5) is 14.9. The van der Waals surface area contributed by atoms with Gasteiger partial charge >= 0.3 is 0 Å². The van der Waals surface area contributed by atoms with Crippen molar-refractivity contribution >= 4 is 48.4 Å². The molecule has 0 spiro atoms. The molecule has 6 heteroatoms. The Bertz CT molecular complexity index is 982. The maximum Gasteiger partial charge on any atom is 0.223 e. The quantitative estimate of drug-likeness (QED) is 0.529. The molecule has 1 aliphatic carbocycles. The van der Waals surface area contributed by atoms with E-state index in [0.717, 1.165) is 65.0 Å². The normalized spacial score (nSPS) is 18.1. The van der Waals surface area contributed by atoms with Gasteiger partial charge in [-0.1, -0.05) is 66.3 Å². The summed E-state index contributed by atoms with van der Waals surface area (Å²) >= 11 is 0. The average molecular weight is 501 g/mol. The summed E-state index contributed by atoms with van der Waals surface area (Å²) in [7, 11) is 0. The highest BCUT2D eigenvalue weighted by Crippen LogP contribution is 2.38. The fourth-order valence-electron chi connectivity index (χ4n) is 5.31. The Morgan fingerprint density at radius 1 is 0.882 bits per heavy atom. The zero-order chi connectivity index (χ0) is 21.8. The van der Waals surface area contributed by atoms with E-state index in [1.165, 1.54) is 27.8 Å². The first-order valence-corrected chi connectivity index (χ1v) is 12.1. The van der Waals surface area contributed by atoms with Gasteiger partial charge in [-0.2, -0.15) is 0 Å². The van der Waals surface area contributed by atoms with Crippen molar-refractivity contribution in [3.63, 3.8) is 0 Å². The van der Waals surface area contributed by atoms with Crippen LogP contribution in [0.5, 0.6) is 0 Å². The number of nitrogens with zero attached hydrogens (tertiary/aromatic N) is 1. The number of rotatable bonds is 4. The van der Waals surface area contributed by atoms with Crippen LogP contribution in [0.25, 0.3) is 17.7 Å². The van der Waals surface area contributed by atoms with Crippen LogP contribution in [0, 0.1) is 5.92 Å². The fraction of sp³-hybridized carbons (Fsp3) is 0.393. The van der Waals surface area contributed by atoms with Gasteiger partial charge in [0.2, 0.25) is 5.91 Å². The average Bonchev–Trinajstić information content (AvgIpc) is 3.02. The van der Waals surface area contributed by atoms with Crippen molar-refractivity contribution in [2.24, 2.45) is 5.92 Å². The summed E-state index contributed by atoms with van der Waals surface area (Å²) in [6, 6.07) is 17.5. The van der Waals surface area contributed by atoms with Gasteiger partial charge < -0.3 is 15.5 Å². The molecule has 0 radical (unpaired) electrons. The van der Waals surface area contributed by atoms with Gasteiger partial charge in [-0.3, -0.25) is 4.79 Å². The molecule has 2 N–H and O–H groups in total. The molecule has 0 atom stereocenters. The molecule has 2 aromatic rings. The molecule has 2 fully saturated rings. The lowest BCUT2D eigenvalue weighted by atomic mass is 9.86. The second kappa shape index (κ2) is 12.6. The molecule has 5 rings (SSSR count). The third kappa shape index (κ3) is 5.92. The molecule has 0 aromatic heterocycles. The number of hydrogen-bond acceptors (Lipinski definition) is 3. The zero-order valence-electron chi connectivity index (χ0n) is 19.6. The molecular weight excluding hydrogens is 465 g/mol. The molecule has 4 nitrogen and oxygen atoms in total. The van der Waals surface area contributed by atoms with Gasteiger partial charge in [-0.05, 0) is 66.6 Å². The second-order valence-corrected chi connectivity index (χ2v) is 9.14. The van der Waals surface area contributed by atoms with Crippen LogP contribution in [0.2, 0.25) is 0 Å². The molecule has 2 heterocycles. The van der Waals surface area contributed by atoms with Crippen LogP contribution >= 0.6 is 24.8 Å². The summed E-state index contributed by atoms with van der Waals surface area (Å²) in [6.45, 7) is 5.73. The number of fused-ring (bicyclic) bond motifs is 2. The van der Waals surface area contributed by atoms with Gasteiger partial charge in [-0.25, -0.2) is 0 Å². The van der Waals surface area contributed by atoms with Crippen LogP contribution < -0.4 is 10.6 Å². The predicted octanol–water partition coefficient (Wildman–Crippen LogP) is 5.03. The van der Waals surface area contributed by atoms with Crippen LogP contribution in [-0.4, -0.2) is 50.1 Å². The van der Waals surface area contributed by atoms with Crippen molar-refractivity contribution in [2.45, 2.75) is 25.7 Å². The van der Waals surface area contributed by atoms with E-state index in [1.54, 1.807) is 5.57 Å². The van der Waals surface area contributed by atoms with E-state index in [0.29, 0.717) is 0 Å². The predicted molar refractivity (Wildman–Crippen MR) is 147 cm³/mol. The molecule has 0 unspecified atom stereocenters. The van der Waals surface area contributed by atoms with Crippen molar-refractivity contribution in [3.8, 4) is 0 Å². The first-order valence-electron chi connectivity index (χ1n) is 12.1. The van der Waals surface area contributed by atoms with E-state index in [4.69, 9.17) is 0 Å². The van der Waals surface area contributed by atoms with Gasteiger partial charge in [0.25, 0.3) is 0 Å². The standard InChI is InChI=1S/C28H33N3O.2ClH/c32-28(24-11-15-29-16-12-24)30-17-20-31-18-13-23(14-19-31)27-25-7-3-1-5-21(25)9-10-22-6-2-4-8-26(22)27;;/h1-10,24,29H,11-20H2,(H,30,32);2*1H. The summed E-state index contributed by atoms with van der Waals surface area (Å²) in [5, 5.41) is 6.51. The number of hydrogen-bond donors (Lipinski definition) is 2. The van der Waals surface area contributed by atoms with Crippen LogP contribution in [0.1, 0.15) is 47.9 Å². The highest BCUT2D eigenvalue weighted by molar-refractivity contribution is 5.95. The molecule has 2 saturated heterocycles. The van der Waals surface area contributed by atoms with Gasteiger partial charge in [-0.15, -0.1) is 24.8 Å². The number of carbonyl (C=O) groups excluding carboxylic acids is 1. The molecule has 1 amide bonds. The van der Waals surface area contributed by atoms with Gasteiger partial charge in [0.05, 0.1) is 0 Å². The van der Waals surface area contributed by atoms with Crippen molar-refractivity contribution < 1.29 is 4.79 Å². The maximum absolute atomic E-state index is 12.4. The van der Waals surface area contributed by atoms with E-state index < -0.39 is 0 Å². The fourth-order valence-corrected chi connectivity index (χ4v) is 5.31. The highest BCUT2D eigenvalue weighted by Gasteiger charge is 2.23. The molecule has 0 saturated carbocycles. The van der Waals surface area contributed by atoms with Gasteiger partial charge in [0, 0.05) is 32.1 Å². The lowest BCUT2D eigenvalue weighted by Crippen LogP contribution is -2.42. The number of nitrogens with one attached hydrogen (secondary N) is 2. The molecule has 2 aliphatic heterocycles. The van der Waals surface area contributed by atoms with Crippen molar-refractivity contribution in [3.05, 3.63) is 76.4 Å². The second-order valence-electron chi connectivity index (χ2n) is 9.14. The third-order valence-electron chi connectivity index (χ3n) is 7.15. The molecule has 3 aliphatic rings. The first-order chi connectivity index (χ1) is 15.8. The minimum absolute atomic E-state index is 0. The highest BCUT2D eigenvalue weighted by atomic mass is 35.5. The number of piperidine rings is 2. The molecular formula is C28H35Cl2N3O. The van der Waals surface area contributed by atoms with Crippen molar-refractivity contribution in [2.75, 3.05) is 39.3 Å². The first kappa shape index (κ1) is 26.5. The summed E-state index contributed by atoms with van der Waals surface area (Å²) < 4.78 is 0. The number of likely N-dealkylation sites (tertiary alicyclic amines) is 1. The Hall–Kier alpha value is -2.11. The number of benzene rings is 2. The van der Waals surface area contributed by atoms with E-state index in [9.17, 15) is 4.79 Å². The van der Waals surface area contributed by atoms with E-state index in [-0.39, 0.29) is 36.6 Å². The SMILES string of the molecule is Cl.Cl.O=C(NCCN1CCC(=C2c3ccccc3C=Cc3ccccc32)CC1)C1CCNCC1. The Morgan fingerprint density at radius 2 is 1.44 bits per heavy atom. The summed E-state index contributed by atoms with van der Waals surface area (Å²) in [6.07, 6.45) is 8.60. The van der Waals surface area contributed by atoms with Gasteiger partial charge in [0.15, 0.2) is 0 Å². The van der Waals surface area contributed by atoms with Gasteiger partial charge in [0.1, 0.15) is 0 Å². The molecule has 2 aromatic carbocycles. The lowest BCUT2D eigenvalue weighted by molar-refractivity contribution is -0.125. The third-order valence-corrected chi connectivity index (χ3v) is 7.15. The number of amides is 1. The Balaban J connectivity index is 0.00000162. The minimum atomic E-state index is 0. The smallest absolute Gasteiger partial charge is 0.223 e. The Kier molecular flexibility index (Phi) is 9.78. The topological polar surface area (TPSA) is 44.4 Å². The molecule has 182 valence electrons. The maximum atomic E-state index is 12.4. The summed E-state index contributed by atoms with van der Waals surface area (Å²) in [5.74, 6) is 0.434. The van der Waals surface area contributed by atoms with E-state index in [2.05, 4.69) is 76.2 Å². The monoisotopic (exact) mass is 499 g/mol. The minimum Gasteiger partial charge on any atom is -0.355 e. The van der Waals surface area contributed by atoms with Crippen molar-refractivity contribution in [1.82, 2.24) is 15.5 Å². The molecule has 0 bridgehead atoms. The Labute approximate surface area is 215 Å². The van der Waals surface area contributed by atoms with Crippen LogP contribution in [0.3, 0.4) is 0 Å². The lowest BCUT2D eigenvalue weighted by Gasteiger charge is -2.31. The van der Waals surface area contributed by atoms with Crippen LogP contribution in [-0.2, 0) is 4.79 Å². The Morgan fingerprint density at radius 3 is 2.03 bits per heavy atom. The van der Waals surface area contributed by atoms with E-state index >= 15 is 0 Å². The van der Waals surface area contributed by atoms with E-state index in [1.807, 2.05) is 0 Å². The number of halogens is 2. The largest absolute Gasteiger partial charge is 0.355 e. The molecule has 34 heavy (non-hydrogen) atoms. The van der Waals surface area contributed by atoms with Crippen molar-refractivity contribution in [1.29, 1.82) is 0 Å². The van der Waals surface area contributed by atoms with Crippen LogP contribution in [0.15, 0.2) is 54.1 Å².